The van der Waals surface area contributed by atoms with Gasteiger partial charge >= 0.3 is 0 Å². The predicted octanol–water partition coefficient (Wildman–Crippen LogP) is 6.62. The highest BCUT2D eigenvalue weighted by atomic mass is 19.1. The van der Waals surface area contributed by atoms with E-state index in [-0.39, 0.29) is 30.0 Å². The van der Waals surface area contributed by atoms with Gasteiger partial charge in [0.15, 0.2) is 0 Å². The van der Waals surface area contributed by atoms with Crippen LogP contribution in [0.5, 0.6) is 0 Å². The van der Waals surface area contributed by atoms with Crippen LogP contribution >= 0.6 is 0 Å². The number of benzene rings is 3. The number of amides is 1. The smallest absolute Gasteiger partial charge is 0.254 e. The zero-order valence-corrected chi connectivity index (χ0v) is 24.0. The summed E-state index contributed by atoms with van der Waals surface area (Å²) in [5.41, 5.74) is 1.84. The third kappa shape index (κ3) is 6.19. The molecule has 1 amide bonds. The van der Waals surface area contributed by atoms with E-state index in [4.69, 9.17) is 0 Å². The van der Waals surface area contributed by atoms with Crippen molar-refractivity contribution in [1.29, 1.82) is 5.26 Å². The lowest BCUT2D eigenvalue weighted by molar-refractivity contribution is 0.0551. The number of carbonyl (C=O) groups excluding carboxylic acids is 1. The molecule has 0 aromatic heterocycles. The third-order valence-electron chi connectivity index (χ3n) is 8.16. The first-order valence-electron chi connectivity index (χ1n) is 14.4. The quantitative estimate of drug-likeness (QED) is 0.343. The van der Waals surface area contributed by atoms with E-state index in [1.807, 2.05) is 11.0 Å². The zero-order valence-electron chi connectivity index (χ0n) is 24.0. The number of piperidine rings is 1. The molecule has 2 fully saturated rings. The molecule has 2 saturated heterocycles. The molecular formula is C34H37F2N3O2. The molecule has 0 saturated carbocycles. The van der Waals surface area contributed by atoms with Gasteiger partial charge in [0, 0.05) is 41.7 Å². The molecule has 5 rings (SSSR count). The molecule has 2 unspecified atom stereocenters. The summed E-state index contributed by atoms with van der Waals surface area (Å²) in [6.45, 7) is 7.61. The summed E-state index contributed by atoms with van der Waals surface area (Å²) in [7, 11) is 0. The van der Waals surface area contributed by atoms with Gasteiger partial charge in [-0.1, -0.05) is 38.1 Å². The van der Waals surface area contributed by atoms with Gasteiger partial charge in [-0.3, -0.25) is 4.79 Å². The molecule has 41 heavy (non-hydrogen) atoms. The summed E-state index contributed by atoms with van der Waals surface area (Å²) in [6.07, 6.45) is 4.06. The van der Waals surface area contributed by atoms with Crippen molar-refractivity contribution in [2.45, 2.75) is 89.6 Å². The number of fused-ring (bicyclic) bond motifs is 2. The van der Waals surface area contributed by atoms with Crippen LogP contribution < -0.4 is 5.32 Å². The van der Waals surface area contributed by atoms with Gasteiger partial charge < -0.3 is 15.3 Å². The second kappa shape index (κ2) is 11.3. The van der Waals surface area contributed by atoms with Crippen LogP contribution in [-0.4, -0.2) is 45.7 Å². The van der Waals surface area contributed by atoms with Crippen LogP contribution in [0.3, 0.4) is 0 Å². The fourth-order valence-corrected chi connectivity index (χ4v) is 6.58. The molecule has 7 heteroatoms. The number of nitrogens with one attached hydrogen (secondary N) is 1. The maximum Gasteiger partial charge on any atom is 0.254 e. The van der Waals surface area contributed by atoms with Crippen molar-refractivity contribution >= 4 is 5.91 Å². The molecule has 2 heterocycles. The Hall–Kier alpha value is -3.60. The number of hydrogen-bond acceptors (Lipinski definition) is 4. The van der Waals surface area contributed by atoms with Crippen LogP contribution in [0, 0.1) is 23.0 Å². The number of halogens is 2. The Kier molecular flexibility index (Phi) is 8.00. The maximum atomic E-state index is 15.5. The number of nitrogens with zero attached hydrogens (tertiary/aromatic N) is 2. The Morgan fingerprint density at radius 1 is 1.00 bits per heavy atom. The fraction of sp³-hybridized carbons (Fsp3) is 0.412. The van der Waals surface area contributed by atoms with Gasteiger partial charge in [0.2, 0.25) is 0 Å². The largest absolute Gasteiger partial charge is 0.390 e. The topological polar surface area (TPSA) is 76.4 Å². The van der Waals surface area contributed by atoms with Crippen molar-refractivity contribution in [2.75, 3.05) is 0 Å². The van der Waals surface area contributed by atoms with Crippen LogP contribution in [0.1, 0.15) is 74.9 Å². The van der Waals surface area contributed by atoms with Crippen LogP contribution in [0.4, 0.5) is 8.78 Å². The van der Waals surface area contributed by atoms with E-state index in [1.54, 1.807) is 50.2 Å². The lowest BCUT2D eigenvalue weighted by atomic mass is 9.89. The van der Waals surface area contributed by atoms with Crippen LogP contribution in [0.25, 0.3) is 22.3 Å². The Labute approximate surface area is 240 Å². The van der Waals surface area contributed by atoms with Crippen molar-refractivity contribution in [1.82, 2.24) is 10.2 Å². The monoisotopic (exact) mass is 557 g/mol. The highest BCUT2D eigenvalue weighted by Gasteiger charge is 2.43. The normalized spacial score (nSPS) is 20.4. The maximum absolute atomic E-state index is 15.5. The third-order valence-corrected chi connectivity index (χ3v) is 8.16. The van der Waals surface area contributed by atoms with Crippen molar-refractivity contribution in [3.8, 4) is 28.3 Å². The van der Waals surface area contributed by atoms with E-state index >= 15 is 4.39 Å². The van der Waals surface area contributed by atoms with E-state index in [0.717, 1.165) is 25.7 Å². The average molecular weight is 558 g/mol. The van der Waals surface area contributed by atoms with Crippen molar-refractivity contribution in [2.24, 2.45) is 0 Å². The summed E-state index contributed by atoms with van der Waals surface area (Å²) >= 11 is 0. The van der Waals surface area contributed by atoms with Gasteiger partial charge in [-0.15, -0.1) is 0 Å². The summed E-state index contributed by atoms with van der Waals surface area (Å²) in [5.74, 6) is -1.21. The minimum Gasteiger partial charge on any atom is -0.390 e. The summed E-state index contributed by atoms with van der Waals surface area (Å²) in [6, 6.07) is 17.2. The molecule has 0 spiro atoms. The van der Waals surface area contributed by atoms with E-state index in [1.165, 1.54) is 18.2 Å². The second-order valence-corrected chi connectivity index (χ2v) is 12.5. The Morgan fingerprint density at radius 2 is 1.68 bits per heavy atom. The lowest BCUT2D eigenvalue weighted by Gasteiger charge is -2.40. The average Bonchev–Trinajstić information content (AvgIpc) is 3.16. The number of nitriles is 1. The van der Waals surface area contributed by atoms with Gasteiger partial charge in [0.05, 0.1) is 11.2 Å². The van der Waals surface area contributed by atoms with Crippen LogP contribution in [-0.2, 0) is 6.42 Å². The molecule has 0 radical (unpaired) electrons. The highest BCUT2D eigenvalue weighted by Crippen LogP contribution is 2.39. The molecule has 2 aliphatic rings. The molecule has 0 aliphatic carbocycles. The van der Waals surface area contributed by atoms with Gasteiger partial charge in [0.25, 0.3) is 5.91 Å². The molecule has 214 valence electrons. The predicted molar refractivity (Wildman–Crippen MR) is 156 cm³/mol. The first kappa shape index (κ1) is 28.9. The summed E-state index contributed by atoms with van der Waals surface area (Å²) in [5, 5.41) is 23.0. The van der Waals surface area contributed by atoms with Crippen molar-refractivity contribution < 1.29 is 18.7 Å². The van der Waals surface area contributed by atoms with E-state index in [0.29, 0.717) is 45.5 Å². The summed E-state index contributed by atoms with van der Waals surface area (Å²) in [4.78, 5) is 15.9. The molecule has 2 aliphatic heterocycles. The van der Waals surface area contributed by atoms with Crippen molar-refractivity contribution in [3.63, 3.8) is 0 Å². The Balaban J connectivity index is 1.54. The zero-order chi connectivity index (χ0) is 29.5. The number of carbonyl (C=O) groups is 1. The van der Waals surface area contributed by atoms with E-state index in [9.17, 15) is 19.6 Å². The standard InChI is InChI=1S/C34H37F2N3O2/c1-20(2)38-25-16-26-9-10-27(17-25)39(26)33(40)23-8-12-28(29-11-5-21(13-32(29)36)18-34(3,4)41)30(14-23)22-6-7-24(19-37)31(35)15-22/h5-8,11-15,20,25-27,38,41H,9-10,16-18H2,1-4H3. The van der Waals surface area contributed by atoms with Crippen LogP contribution in [0.15, 0.2) is 54.6 Å². The van der Waals surface area contributed by atoms with Crippen molar-refractivity contribution in [3.05, 3.63) is 82.9 Å². The van der Waals surface area contributed by atoms with E-state index in [2.05, 4.69) is 19.2 Å². The van der Waals surface area contributed by atoms with Gasteiger partial charge in [-0.2, -0.15) is 5.26 Å². The molecule has 3 aromatic rings. The summed E-state index contributed by atoms with van der Waals surface area (Å²) < 4.78 is 30.3. The minimum absolute atomic E-state index is 0.0663. The number of aliphatic hydroxyl groups is 1. The highest BCUT2D eigenvalue weighted by molar-refractivity contribution is 5.98. The second-order valence-electron chi connectivity index (χ2n) is 12.5. The molecular weight excluding hydrogens is 520 g/mol. The van der Waals surface area contributed by atoms with Crippen LogP contribution in [0.2, 0.25) is 0 Å². The Bertz CT molecular complexity index is 1490. The first-order chi connectivity index (χ1) is 19.4. The van der Waals surface area contributed by atoms with Gasteiger partial charge in [-0.25, -0.2) is 8.78 Å². The minimum atomic E-state index is -0.986. The molecule has 2 bridgehead atoms. The number of rotatable bonds is 7. The van der Waals surface area contributed by atoms with Gasteiger partial charge in [-0.05, 0) is 92.1 Å². The first-order valence-corrected chi connectivity index (χ1v) is 14.4. The SMILES string of the molecule is CC(C)NC1CC2CCC(C1)N2C(=O)c1ccc(-c2ccc(CC(C)(C)O)cc2F)c(-c2ccc(C#N)c(F)c2)c1. The Morgan fingerprint density at radius 3 is 2.27 bits per heavy atom. The fourth-order valence-electron chi connectivity index (χ4n) is 6.58. The van der Waals surface area contributed by atoms with Gasteiger partial charge in [0.1, 0.15) is 17.7 Å². The van der Waals surface area contributed by atoms with E-state index < -0.39 is 17.2 Å². The lowest BCUT2D eigenvalue weighted by Crippen LogP contribution is -2.52. The molecule has 2 atom stereocenters. The number of hydrogen-bond donors (Lipinski definition) is 2. The molecule has 2 N–H and O–H groups in total. The molecule has 5 nitrogen and oxygen atoms in total. The molecule has 3 aromatic carbocycles.